The average molecular weight is 296 g/mol. The summed E-state index contributed by atoms with van der Waals surface area (Å²) in [4.78, 5) is 13.8. The highest BCUT2D eigenvalue weighted by atomic mass is 32.2. The zero-order chi connectivity index (χ0) is 15.0. The van der Waals surface area contributed by atoms with Crippen molar-refractivity contribution in [2.24, 2.45) is 5.73 Å². The third-order valence-electron chi connectivity index (χ3n) is 3.01. The lowest BCUT2D eigenvalue weighted by Gasteiger charge is -2.22. The predicted octanol–water partition coefficient (Wildman–Crippen LogP) is 2.12. The molecule has 0 aromatic heterocycles. The first-order chi connectivity index (χ1) is 9.60. The van der Waals surface area contributed by atoms with Crippen molar-refractivity contribution in [3.63, 3.8) is 0 Å². The largest absolute Gasteiger partial charge is 0.494 e. The first kappa shape index (κ1) is 16.9. The molecule has 0 aliphatic rings. The Morgan fingerprint density at radius 1 is 1.45 bits per heavy atom. The van der Waals surface area contributed by atoms with E-state index in [2.05, 4.69) is 0 Å². The molecule has 0 aliphatic heterocycles. The van der Waals surface area contributed by atoms with Gasteiger partial charge in [-0.1, -0.05) is 18.2 Å². The van der Waals surface area contributed by atoms with Crippen molar-refractivity contribution in [3.05, 3.63) is 29.8 Å². The van der Waals surface area contributed by atoms with Crippen LogP contribution in [0.1, 0.15) is 18.9 Å². The first-order valence-corrected chi connectivity index (χ1v) is 8.19. The van der Waals surface area contributed by atoms with E-state index in [1.54, 1.807) is 23.7 Å². The number of para-hydroxylation sites is 1. The van der Waals surface area contributed by atoms with Crippen LogP contribution < -0.4 is 10.5 Å². The van der Waals surface area contributed by atoms with Crippen molar-refractivity contribution in [2.75, 3.05) is 25.7 Å². The van der Waals surface area contributed by atoms with Gasteiger partial charge in [-0.05, 0) is 31.4 Å². The fourth-order valence-electron chi connectivity index (χ4n) is 1.92. The van der Waals surface area contributed by atoms with Crippen LogP contribution in [0.25, 0.3) is 0 Å². The molecular formula is C15H24N2O2S. The van der Waals surface area contributed by atoms with Crippen LogP contribution in [0, 0.1) is 0 Å². The van der Waals surface area contributed by atoms with Gasteiger partial charge < -0.3 is 15.4 Å². The number of thioether (sulfide) groups is 1. The molecule has 0 bridgehead atoms. The number of likely N-dealkylation sites (N-methyl/N-ethyl adjacent to an activating group) is 1. The van der Waals surface area contributed by atoms with E-state index in [4.69, 9.17) is 10.5 Å². The quantitative estimate of drug-likeness (QED) is 0.798. The Morgan fingerprint density at radius 2 is 2.15 bits per heavy atom. The fraction of sp³-hybridized carbons (Fsp3) is 0.533. The number of nitrogens with zero attached hydrogens (tertiary/aromatic N) is 1. The van der Waals surface area contributed by atoms with E-state index < -0.39 is 6.04 Å². The summed E-state index contributed by atoms with van der Waals surface area (Å²) in [6.07, 6.45) is 2.72. The maximum atomic E-state index is 12.2. The van der Waals surface area contributed by atoms with E-state index in [0.29, 0.717) is 19.6 Å². The summed E-state index contributed by atoms with van der Waals surface area (Å²) in [5.74, 6) is 1.70. The summed E-state index contributed by atoms with van der Waals surface area (Å²) in [7, 11) is 1.78. The van der Waals surface area contributed by atoms with E-state index in [1.165, 1.54) is 0 Å². The fourth-order valence-corrected chi connectivity index (χ4v) is 2.41. The third-order valence-corrected chi connectivity index (χ3v) is 3.65. The Morgan fingerprint density at radius 3 is 2.80 bits per heavy atom. The van der Waals surface area contributed by atoms with Crippen molar-refractivity contribution in [3.8, 4) is 5.75 Å². The van der Waals surface area contributed by atoms with Gasteiger partial charge in [-0.25, -0.2) is 0 Å². The lowest BCUT2D eigenvalue weighted by molar-refractivity contribution is -0.131. The number of carbonyl (C=O) groups is 1. The molecule has 0 radical (unpaired) electrons. The minimum Gasteiger partial charge on any atom is -0.494 e. The number of rotatable bonds is 8. The molecule has 0 spiro atoms. The minimum atomic E-state index is -0.424. The Bertz CT molecular complexity index is 426. The molecule has 0 unspecified atom stereocenters. The predicted molar refractivity (Wildman–Crippen MR) is 85.1 cm³/mol. The maximum absolute atomic E-state index is 12.2. The highest BCUT2D eigenvalue weighted by Gasteiger charge is 2.18. The number of hydrogen-bond donors (Lipinski definition) is 1. The van der Waals surface area contributed by atoms with Gasteiger partial charge in [0.15, 0.2) is 0 Å². The summed E-state index contributed by atoms with van der Waals surface area (Å²) in [5, 5.41) is 0. The third kappa shape index (κ3) is 5.06. The SMILES string of the molecule is CCOc1ccccc1CN(C)C(=O)[C@@H](N)CCSC. The number of ether oxygens (including phenoxy) is 1. The number of carbonyl (C=O) groups excluding carboxylic acids is 1. The molecule has 0 saturated heterocycles. The summed E-state index contributed by atoms with van der Waals surface area (Å²) < 4.78 is 5.57. The van der Waals surface area contributed by atoms with Crippen LogP contribution in [0.4, 0.5) is 0 Å². The average Bonchev–Trinajstić information content (AvgIpc) is 2.46. The zero-order valence-corrected chi connectivity index (χ0v) is 13.3. The molecule has 4 nitrogen and oxygen atoms in total. The molecule has 5 heteroatoms. The normalized spacial score (nSPS) is 12.0. The number of nitrogens with two attached hydrogens (primary N) is 1. The molecule has 2 N–H and O–H groups in total. The van der Waals surface area contributed by atoms with Crippen LogP contribution in [-0.4, -0.2) is 42.5 Å². The molecular weight excluding hydrogens is 272 g/mol. The monoisotopic (exact) mass is 296 g/mol. The second kappa shape index (κ2) is 8.87. The standard InChI is InChI=1S/C15H24N2O2S/c1-4-19-14-8-6-5-7-12(14)11-17(2)15(18)13(16)9-10-20-3/h5-8,13H,4,9-11,16H2,1-3H3/t13-/m0/s1. The van der Waals surface area contributed by atoms with Gasteiger partial charge in [0.25, 0.3) is 0 Å². The minimum absolute atomic E-state index is 0.0228. The highest BCUT2D eigenvalue weighted by molar-refractivity contribution is 7.98. The molecule has 0 aliphatic carbocycles. The first-order valence-electron chi connectivity index (χ1n) is 6.80. The molecule has 1 amide bonds. The van der Waals surface area contributed by atoms with E-state index >= 15 is 0 Å². The number of amides is 1. The van der Waals surface area contributed by atoms with Crippen molar-refractivity contribution < 1.29 is 9.53 Å². The lowest BCUT2D eigenvalue weighted by Crippen LogP contribution is -2.41. The van der Waals surface area contributed by atoms with E-state index in [1.807, 2.05) is 37.4 Å². The number of benzene rings is 1. The van der Waals surface area contributed by atoms with Gasteiger partial charge in [0.1, 0.15) is 5.75 Å². The Kier molecular flexibility index (Phi) is 7.47. The van der Waals surface area contributed by atoms with Gasteiger partial charge in [0, 0.05) is 19.2 Å². The lowest BCUT2D eigenvalue weighted by atomic mass is 10.1. The van der Waals surface area contributed by atoms with Gasteiger partial charge in [-0.3, -0.25) is 4.79 Å². The zero-order valence-electron chi connectivity index (χ0n) is 12.5. The van der Waals surface area contributed by atoms with Gasteiger partial charge in [0.2, 0.25) is 5.91 Å². The smallest absolute Gasteiger partial charge is 0.239 e. The summed E-state index contributed by atoms with van der Waals surface area (Å²) in [6, 6.07) is 7.35. The Labute approximate surface area is 125 Å². The molecule has 20 heavy (non-hydrogen) atoms. The van der Waals surface area contributed by atoms with Crippen LogP contribution in [0.5, 0.6) is 5.75 Å². The summed E-state index contributed by atoms with van der Waals surface area (Å²) >= 11 is 1.70. The van der Waals surface area contributed by atoms with Crippen LogP contribution in [0.2, 0.25) is 0 Å². The van der Waals surface area contributed by atoms with Gasteiger partial charge in [-0.2, -0.15) is 11.8 Å². The second-order valence-corrected chi connectivity index (χ2v) is 5.61. The highest BCUT2D eigenvalue weighted by Crippen LogP contribution is 2.19. The summed E-state index contributed by atoms with van der Waals surface area (Å²) in [6.45, 7) is 3.08. The molecule has 1 rings (SSSR count). The van der Waals surface area contributed by atoms with Crippen LogP contribution in [-0.2, 0) is 11.3 Å². The number of hydrogen-bond acceptors (Lipinski definition) is 4. The Hall–Kier alpha value is -1.20. The van der Waals surface area contributed by atoms with Crippen LogP contribution >= 0.6 is 11.8 Å². The van der Waals surface area contributed by atoms with E-state index in [9.17, 15) is 4.79 Å². The van der Waals surface area contributed by atoms with Crippen LogP contribution in [0.15, 0.2) is 24.3 Å². The van der Waals surface area contributed by atoms with Crippen molar-refractivity contribution >= 4 is 17.7 Å². The maximum Gasteiger partial charge on any atom is 0.239 e. The van der Waals surface area contributed by atoms with Gasteiger partial charge >= 0.3 is 0 Å². The molecule has 0 fully saturated rings. The van der Waals surface area contributed by atoms with E-state index in [-0.39, 0.29) is 5.91 Å². The molecule has 0 saturated carbocycles. The van der Waals surface area contributed by atoms with Gasteiger partial charge in [0.05, 0.1) is 12.6 Å². The van der Waals surface area contributed by atoms with Crippen molar-refractivity contribution in [1.29, 1.82) is 0 Å². The van der Waals surface area contributed by atoms with Crippen molar-refractivity contribution in [2.45, 2.75) is 25.9 Å². The molecule has 1 atom stereocenters. The van der Waals surface area contributed by atoms with Crippen LogP contribution in [0.3, 0.4) is 0 Å². The molecule has 1 aromatic rings. The van der Waals surface area contributed by atoms with E-state index in [0.717, 1.165) is 17.1 Å². The molecule has 1 aromatic carbocycles. The Balaban J connectivity index is 2.65. The molecule has 112 valence electrons. The summed E-state index contributed by atoms with van der Waals surface area (Å²) in [5.41, 5.74) is 6.92. The van der Waals surface area contributed by atoms with Crippen molar-refractivity contribution in [1.82, 2.24) is 4.90 Å². The molecule has 0 heterocycles. The second-order valence-electron chi connectivity index (χ2n) is 4.62. The van der Waals surface area contributed by atoms with Gasteiger partial charge in [-0.15, -0.1) is 0 Å². The topological polar surface area (TPSA) is 55.6 Å².